The average Bonchev–Trinajstić information content (AvgIpc) is 2.68. The average molecular weight is 421 g/mol. The monoisotopic (exact) mass is 420 g/mol. The van der Waals surface area contributed by atoms with Crippen LogP contribution in [-0.4, -0.2) is 50.6 Å². The van der Waals surface area contributed by atoms with Gasteiger partial charge < -0.3 is 20.4 Å². The van der Waals surface area contributed by atoms with Crippen LogP contribution in [0.15, 0.2) is 48.5 Å². The number of amides is 2. The van der Waals surface area contributed by atoms with Crippen molar-refractivity contribution < 1.29 is 23.8 Å². The van der Waals surface area contributed by atoms with Gasteiger partial charge in [0.15, 0.2) is 12.6 Å². The molecule has 8 heteroatoms. The van der Waals surface area contributed by atoms with Crippen LogP contribution >= 0.6 is 11.6 Å². The van der Waals surface area contributed by atoms with E-state index in [-0.39, 0.29) is 23.7 Å². The van der Waals surface area contributed by atoms with Crippen molar-refractivity contribution in [2.75, 3.05) is 43.4 Å². The van der Waals surface area contributed by atoms with E-state index in [1.165, 1.54) is 17.0 Å². The van der Waals surface area contributed by atoms with Gasteiger partial charge in [0.25, 0.3) is 11.8 Å². The molecule has 29 heavy (non-hydrogen) atoms. The second kappa shape index (κ2) is 9.82. The molecule has 0 unspecified atom stereocenters. The van der Waals surface area contributed by atoms with E-state index in [9.17, 15) is 14.0 Å². The van der Waals surface area contributed by atoms with E-state index < -0.39 is 0 Å². The van der Waals surface area contributed by atoms with Gasteiger partial charge in [0.2, 0.25) is 0 Å². The normalized spacial score (nSPS) is 20.0. The molecule has 1 fully saturated rings. The van der Waals surface area contributed by atoms with Gasteiger partial charge in [0.05, 0.1) is 0 Å². The number of benzene rings is 2. The number of hydrogen-bond acceptors (Lipinski definition) is 2. The zero-order valence-electron chi connectivity index (χ0n) is 16.3. The Morgan fingerprint density at radius 3 is 2.34 bits per heavy atom. The molecule has 0 bridgehead atoms. The summed E-state index contributed by atoms with van der Waals surface area (Å²) in [5, 5.41) is 6.22. The van der Waals surface area contributed by atoms with E-state index in [1.54, 1.807) is 30.3 Å². The summed E-state index contributed by atoms with van der Waals surface area (Å²) < 4.78 is 13.2. The second-order valence-electron chi connectivity index (χ2n) is 7.36. The molecule has 1 saturated heterocycles. The Labute approximate surface area is 174 Å². The van der Waals surface area contributed by atoms with Gasteiger partial charge in [0.1, 0.15) is 32.0 Å². The molecule has 1 heterocycles. The minimum absolute atomic E-state index is 0.0467. The third-order valence-corrected chi connectivity index (χ3v) is 5.45. The highest BCUT2D eigenvalue weighted by atomic mass is 35.5. The van der Waals surface area contributed by atoms with Crippen LogP contribution in [0, 0.1) is 5.82 Å². The molecule has 0 aliphatic carbocycles. The number of quaternary nitrogens is 2. The first-order valence-corrected chi connectivity index (χ1v) is 10.1. The Kier molecular flexibility index (Phi) is 7.19. The van der Waals surface area contributed by atoms with Gasteiger partial charge in [-0.05, 0) is 43.3 Å². The molecule has 2 aromatic rings. The second-order valence-corrected chi connectivity index (χ2v) is 7.80. The van der Waals surface area contributed by atoms with E-state index >= 15 is 0 Å². The highest BCUT2D eigenvalue weighted by molar-refractivity contribution is 6.30. The maximum atomic E-state index is 13.2. The predicted molar refractivity (Wildman–Crippen MR) is 111 cm³/mol. The van der Waals surface area contributed by atoms with Crippen molar-refractivity contribution in [1.29, 1.82) is 0 Å². The minimum atomic E-state index is -0.377. The van der Waals surface area contributed by atoms with E-state index in [0.29, 0.717) is 22.9 Å². The Hall–Kier alpha value is -2.48. The number of halogens is 2. The van der Waals surface area contributed by atoms with Gasteiger partial charge in [0, 0.05) is 16.4 Å². The summed E-state index contributed by atoms with van der Waals surface area (Å²) >= 11 is 5.96. The Balaban J connectivity index is 1.44. The van der Waals surface area contributed by atoms with Gasteiger partial charge in [-0.2, -0.15) is 0 Å². The molecule has 0 spiro atoms. The Bertz CT molecular complexity index is 871. The number of piperazine rings is 1. The lowest BCUT2D eigenvalue weighted by atomic mass is 10.2. The van der Waals surface area contributed by atoms with Crippen molar-refractivity contribution in [2.24, 2.45) is 0 Å². The summed E-state index contributed by atoms with van der Waals surface area (Å²) in [5.41, 5.74) is 1.15. The van der Waals surface area contributed by atoms with Crippen molar-refractivity contribution >= 4 is 34.8 Å². The number of nitrogens with one attached hydrogen (secondary N) is 4. The maximum Gasteiger partial charge on any atom is 0.282 e. The minimum Gasteiger partial charge on any atom is -0.321 e. The lowest BCUT2D eigenvalue weighted by molar-refractivity contribution is -1.01. The van der Waals surface area contributed by atoms with E-state index in [4.69, 9.17) is 11.6 Å². The molecule has 1 aliphatic rings. The molecule has 3 rings (SSSR count). The molecular formula is C21H26ClFN4O2+2. The van der Waals surface area contributed by atoms with Gasteiger partial charge in [-0.15, -0.1) is 0 Å². The lowest BCUT2D eigenvalue weighted by Gasteiger charge is -2.32. The summed E-state index contributed by atoms with van der Waals surface area (Å²) in [6.07, 6.45) is 0. The number of carbonyl (C=O) groups excluding carboxylic acids is 2. The first-order valence-electron chi connectivity index (χ1n) is 9.70. The van der Waals surface area contributed by atoms with Crippen LogP contribution in [0.25, 0.3) is 0 Å². The summed E-state index contributed by atoms with van der Waals surface area (Å²) in [5.74, 6) is -0.562. The molecular weight excluding hydrogens is 395 g/mol. The number of rotatable bonds is 6. The first-order chi connectivity index (χ1) is 13.9. The topological polar surface area (TPSA) is 67.1 Å². The van der Waals surface area contributed by atoms with E-state index in [2.05, 4.69) is 10.6 Å². The molecule has 0 aromatic heterocycles. The third kappa shape index (κ3) is 6.25. The lowest BCUT2D eigenvalue weighted by Crippen LogP contribution is -3.30. The van der Waals surface area contributed by atoms with Gasteiger partial charge in [-0.1, -0.05) is 23.7 Å². The van der Waals surface area contributed by atoms with Crippen LogP contribution in [0.3, 0.4) is 0 Å². The van der Waals surface area contributed by atoms with Crippen molar-refractivity contribution in [1.82, 2.24) is 0 Å². The molecule has 4 N–H and O–H groups in total. The molecule has 6 nitrogen and oxygen atoms in total. The zero-order chi connectivity index (χ0) is 20.8. The number of carbonyl (C=O) groups is 2. The van der Waals surface area contributed by atoms with Crippen LogP contribution in [0.4, 0.5) is 15.8 Å². The van der Waals surface area contributed by atoms with E-state index in [1.807, 2.05) is 13.0 Å². The van der Waals surface area contributed by atoms with Gasteiger partial charge in [-0.3, -0.25) is 9.59 Å². The summed E-state index contributed by atoms with van der Waals surface area (Å²) in [6.45, 7) is 5.42. The van der Waals surface area contributed by atoms with Crippen LogP contribution in [0.2, 0.25) is 5.02 Å². The van der Waals surface area contributed by atoms with Crippen molar-refractivity contribution in [3.8, 4) is 0 Å². The van der Waals surface area contributed by atoms with Crippen LogP contribution in [0.1, 0.15) is 6.92 Å². The predicted octanol–water partition coefficient (Wildman–Crippen LogP) is 0.228. The number of anilines is 2. The summed E-state index contributed by atoms with van der Waals surface area (Å²) in [7, 11) is 0. The third-order valence-electron chi connectivity index (χ3n) is 5.22. The molecule has 0 radical (unpaired) electrons. The molecule has 2 amide bonds. The largest absolute Gasteiger partial charge is 0.321 e. The molecule has 1 atom stereocenters. The van der Waals surface area contributed by atoms with Crippen molar-refractivity contribution in [3.63, 3.8) is 0 Å². The molecule has 1 aliphatic heterocycles. The number of hydrogen-bond donors (Lipinski definition) is 4. The zero-order valence-corrected chi connectivity index (χ0v) is 17.1. The van der Waals surface area contributed by atoms with Gasteiger partial charge >= 0.3 is 0 Å². The SMILES string of the molecule is C[C@@H](C(=O)Nc1cccc(Cl)c1)[NH+]1CC[NH+](CC(=O)Nc2cccc(F)c2)CC1. The fourth-order valence-electron chi connectivity index (χ4n) is 3.54. The quantitative estimate of drug-likeness (QED) is 0.540. The standard InChI is InChI=1S/C21H24ClFN4O2/c1-15(21(29)25-18-6-2-4-16(22)12-18)27-10-8-26(9-11-27)14-20(28)24-19-7-3-5-17(23)13-19/h2-7,12-13,15H,8-11,14H2,1H3,(H,24,28)(H,25,29)/p+2/t15-/m0/s1. The Morgan fingerprint density at radius 2 is 1.69 bits per heavy atom. The molecule has 154 valence electrons. The molecule has 2 aromatic carbocycles. The van der Waals surface area contributed by atoms with Crippen LogP contribution in [0.5, 0.6) is 0 Å². The highest BCUT2D eigenvalue weighted by Gasteiger charge is 2.31. The van der Waals surface area contributed by atoms with Crippen LogP contribution < -0.4 is 20.4 Å². The van der Waals surface area contributed by atoms with Crippen LogP contribution in [-0.2, 0) is 9.59 Å². The molecule has 0 saturated carbocycles. The fourth-order valence-corrected chi connectivity index (χ4v) is 3.73. The van der Waals surface area contributed by atoms with Gasteiger partial charge in [-0.25, -0.2) is 4.39 Å². The maximum absolute atomic E-state index is 13.2. The smallest absolute Gasteiger partial charge is 0.282 e. The van der Waals surface area contributed by atoms with Crippen molar-refractivity contribution in [3.05, 3.63) is 59.4 Å². The summed E-state index contributed by atoms with van der Waals surface area (Å²) in [6, 6.07) is 12.8. The van der Waals surface area contributed by atoms with Crippen molar-refractivity contribution in [2.45, 2.75) is 13.0 Å². The van der Waals surface area contributed by atoms with E-state index in [0.717, 1.165) is 31.1 Å². The highest BCUT2D eigenvalue weighted by Crippen LogP contribution is 2.14. The summed E-state index contributed by atoms with van der Waals surface area (Å²) in [4.78, 5) is 27.1. The fraction of sp³-hybridized carbons (Fsp3) is 0.333. The Morgan fingerprint density at radius 1 is 1.03 bits per heavy atom. The first kappa shape index (κ1) is 21.2.